The maximum absolute atomic E-state index is 5.21. The molecule has 0 fully saturated rings. The Kier molecular flexibility index (Phi) is 3.85. The molecule has 0 saturated heterocycles. The van der Waals surface area contributed by atoms with E-state index in [9.17, 15) is 0 Å². The average molecular weight is 87.2 g/mol. The van der Waals surface area contributed by atoms with Gasteiger partial charge in [-0.05, 0) is 6.04 Å². The summed E-state index contributed by atoms with van der Waals surface area (Å²) in [5.41, 5.74) is 0. The number of hydrogen-bond acceptors (Lipinski definition) is 1. The van der Waals surface area contributed by atoms with Crippen LogP contribution >= 0.6 is 0 Å². The summed E-state index contributed by atoms with van der Waals surface area (Å²) in [7, 11) is -0.204. The molecule has 0 unspecified atom stereocenters. The smallest absolute Gasteiger partial charge is 0.0925 e. The second-order valence-electron chi connectivity index (χ2n) is 0.866. The van der Waals surface area contributed by atoms with Gasteiger partial charge < -0.3 is 5.40 Å². The molecule has 30 valence electrons. The summed E-state index contributed by atoms with van der Waals surface area (Å²) in [4.78, 5) is 0. The average Bonchev–Trinajstić information content (AvgIpc) is 1.41. The fourth-order valence-corrected chi connectivity index (χ4v) is 0.354. The van der Waals surface area contributed by atoms with Crippen LogP contribution in [0.4, 0.5) is 0 Å². The van der Waals surface area contributed by atoms with Crippen LogP contribution in [0, 0.1) is 0 Å². The highest BCUT2D eigenvalue weighted by Crippen LogP contribution is 1.66. The van der Waals surface area contributed by atoms with Crippen molar-refractivity contribution < 1.29 is 0 Å². The van der Waals surface area contributed by atoms with Gasteiger partial charge in [0.1, 0.15) is 0 Å². The summed E-state index contributed by atoms with van der Waals surface area (Å²) in [5.74, 6) is 0. The number of nitrogens with two attached hydrogens (primary N) is 1. The molecule has 0 aromatic heterocycles. The molecule has 0 aliphatic heterocycles. The molecule has 0 radical (unpaired) electrons. The molecule has 0 spiro atoms. The van der Waals surface area contributed by atoms with E-state index in [1.165, 1.54) is 0 Å². The van der Waals surface area contributed by atoms with Gasteiger partial charge >= 0.3 is 0 Å². The molecule has 0 atom stereocenters. The zero-order chi connectivity index (χ0) is 4.12. The lowest BCUT2D eigenvalue weighted by atomic mass is 10.8. The molecule has 0 aliphatic rings. The van der Waals surface area contributed by atoms with Gasteiger partial charge in [-0.2, -0.15) is 0 Å². The predicted octanol–water partition coefficient (Wildman–Crippen LogP) is -0.367. The number of rotatable bonds is 2. The number of hydrogen-bond donors (Lipinski definition) is 1. The van der Waals surface area contributed by atoms with Crippen molar-refractivity contribution in [3.05, 3.63) is 12.7 Å². The van der Waals surface area contributed by atoms with Crippen LogP contribution < -0.4 is 5.40 Å². The van der Waals surface area contributed by atoms with E-state index in [0.717, 1.165) is 6.04 Å². The molecule has 0 rings (SSSR count). The number of allylic oxidation sites excluding steroid dienone is 1. The zero-order valence-corrected chi connectivity index (χ0v) is 4.69. The molecule has 1 nitrogen and oxygen atoms in total. The summed E-state index contributed by atoms with van der Waals surface area (Å²) in [6.07, 6.45) is 1.87. The minimum Gasteiger partial charge on any atom is -0.355 e. The lowest BCUT2D eigenvalue weighted by Gasteiger charge is -1.72. The van der Waals surface area contributed by atoms with Crippen molar-refractivity contribution in [3.8, 4) is 0 Å². The van der Waals surface area contributed by atoms with Crippen LogP contribution in [0.15, 0.2) is 12.7 Å². The molecule has 0 saturated carbocycles. The lowest BCUT2D eigenvalue weighted by Crippen LogP contribution is -2.00. The Morgan fingerprint density at radius 3 is 2.60 bits per heavy atom. The second-order valence-corrected chi connectivity index (χ2v) is 2.02. The highest BCUT2D eigenvalue weighted by Gasteiger charge is 1.63. The van der Waals surface area contributed by atoms with E-state index in [4.69, 9.17) is 5.40 Å². The molecule has 0 heterocycles. The summed E-state index contributed by atoms with van der Waals surface area (Å²) in [5, 5.41) is 5.21. The fourth-order valence-electron chi connectivity index (χ4n) is 0.118. The third kappa shape index (κ3) is 3.92. The lowest BCUT2D eigenvalue weighted by molar-refractivity contribution is 1.66. The van der Waals surface area contributed by atoms with Crippen molar-refractivity contribution in [2.75, 3.05) is 0 Å². The monoisotopic (exact) mass is 87.1 g/mol. The molecule has 5 heavy (non-hydrogen) atoms. The molecule has 0 aromatic rings. The Morgan fingerprint density at radius 1 is 2.00 bits per heavy atom. The van der Waals surface area contributed by atoms with Gasteiger partial charge in [-0.1, -0.05) is 6.08 Å². The second kappa shape index (κ2) is 3.92. The molecule has 0 bridgehead atoms. The van der Waals surface area contributed by atoms with E-state index in [0.29, 0.717) is 0 Å². The third-order valence-electron chi connectivity index (χ3n) is 0.371. The predicted molar refractivity (Wildman–Crippen MR) is 27.7 cm³/mol. The first-order chi connectivity index (χ1) is 2.41. The van der Waals surface area contributed by atoms with Crippen LogP contribution in [0.2, 0.25) is 6.04 Å². The molecular weight excluding hydrogens is 78.1 g/mol. The van der Waals surface area contributed by atoms with Gasteiger partial charge in [-0.25, -0.2) is 0 Å². The summed E-state index contributed by atoms with van der Waals surface area (Å²) in [6.45, 7) is 3.51. The molecule has 2 N–H and O–H groups in total. The van der Waals surface area contributed by atoms with Crippen molar-refractivity contribution in [2.24, 2.45) is 5.40 Å². The van der Waals surface area contributed by atoms with E-state index in [-0.39, 0.29) is 9.68 Å². The van der Waals surface area contributed by atoms with E-state index >= 15 is 0 Å². The Bertz CT molecular complexity index is 28.1. The first-order valence-electron chi connectivity index (χ1n) is 1.72. The highest BCUT2D eigenvalue weighted by atomic mass is 28.2. The minimum atomic E-state index is -0.204. The van der Waals surface area contributed by atoms with Crippen LogP contribution in [0.1, 0.15) is 0 Å². The Hall–Kier alpha value is -0.0831. The van der Waals surface area contributed by atoms with E-state index in [1.807, 2.05) is 6.08 Å². The van der Waals surface area contributed by atoms with Gasteiger partial charge in [0, 0.05) is 0 Å². The van der Waals surface area contributed by atoms with Crippen molar-refractivity contribution in [1.82, 2.24) is 0 Å². The van der Waals surface area contributed by atoms with Gasteiger partial charge in [0.2, 0.25) is 0 Å². The van der Waals surface area contributed by atoms with Crippen molar-refractivity contribution in [3.63, 3.8) is 0 Å². The van der Waals surface area contributed by atoms with Gasteiger partial charge in [-0.15, -0.1) is 6.58 Å². The molecule has 0 aliphatic carbocycles. The van der Waals surface area contributed by atoms with Crippen molar-refractivity contribution in [1.29, 1.82) is 0 Å². The molecule has 0 amide bonds. The normalized spacial score (nSPS) is 9.80. The Labute approximate surface area is 34.8 Å². The van der Waals surface area contributed by atoms with Crippen LogP contribution in [0.3, 0.4) is 0 Å². The molecule has 2 heteroatoms. The minimum absolute atomic E-state index is 0.204. The van der Waals surface area contributed by atoms with Gasteiger partial charge in [0.15, 0.2) is 0 Å². The third-order valence-corrected chi connectivity index (χ3v) is 1.11. The van der Waals surface area contributed by atoms with Crippen molar-refractivity contribution in [2.45, 2.75) is 6.04 Å². The maximum atomic E-state index is 5.21. The SMILES string of the molecule is C=CC[SiH2]N. The van der Waals surface area contributed by atoms with E-state index in [2.05, 4.69) is 6.58 Å². The fraction of sp³-hybridized carbons (Fsp3) is 0.333. The Morgan fingerprint density at radius 2 is 2.60 bits per heavy atom. The van der Waals surface area contributed by atoms with Gasteiger partial charge in [0.25, 0.3) is 0 Å². The van der Waals surface area contributed by atoms with Crippen LogP contribution in [-0.4, -0.2) is 9.68 Å². The summed E-state index contributed by atoms with van der Waals surface area (Å²) >= 11 is 0. The largest absolute Gasteiger partial charge is 0.355 e. The van der Waals surface area contributed by atoms with Gasteiger partial charge in [0.05, 0.1) is 9.68 Å². The zero-order valence-electron chi connectivity index (χ0n) is 3.28. The highest BCUT2D eigenvalue weighted by molar-refractivity contribution is 6.31. The first-order valence-corrected chi connectivity index (χ1v) is 3.54. The van der Waals surface area contributed by atoms with E-state index < -0.39 is 0 Å². The standard InChI is InChI=1S/C3H9NSi/c1-2-3-5-4/h2H,1,3-5H2. The summed E-state index contributed by atoms with van der Waals surface area (Å²) in [6, 6.07) is 1.07. The molecular formula is C3H9NSi. The van der Waals surface area contributed by atoms with Crippen LogP contribution in [0.25, 0.3) is 0 Å². The Balaban J connectivity index is 2.40. The van der Waals surface area contributed by atoms with E-state index in [1.54, 1.807) is 0 Å². The van der Waals surface area contributed by atoms with Crippen LogP contribution in [0.5, 0.6) is 0 Å². The maximum Gasteiger partial charge on any atom is 0.0925 e. The van der Waals surface area contributed by atoms with Crippen LogP contribution in [-0.2, 0) is 0 Å². The summed E-state index contributed by atoms with van der Waals surface area (Å²) < 4.78 is 0. The quantitative estimate of drug-likeness (QED) is 0.361. The van der Waals surface area contributed by atoms with Gasteiger partial charge in [-0.3, -0.25) is 0 Å². The first kappa shape index (κ1) is 4.92. The topological polar surface area (TPSA) is 26.0 Å². The van der Waals surface area contributed by atoms with Crippen molar-refractivity contribution >= 4 is 9.68 Å². The molecule has 0 aromatic carbocycles.